The molecule has 1 aliphatic rings. The van der Waals surface area contributed by atoms with E-state index in [9.17, 15) is 10.1 Å². The van der Waals surface area contributed by atoms with Gasteiger partial charge < -0.3 is 9.73 Å². The first-order valence-corrected chi connectivity index (χ1v) is 6.88. The molecule has 0 fully saturated rings. The fourth-order valence-electron chi connectivity index (χ4n) is 1.96. The van der Waals surface area contributed by atoms with Crippen LogP contribution in [0.15, 0.2) is 39.8 Å². The minimum Gasteiger partial charge on any atom is -0.466 e. The molecule has 0 aliphatic carbocycles. The first-order valence-electron chi connectivity index (χ1n) is 5.90. The molecule has 1 aromatic rings. The minimum atomic E-state index is -0.292. The Kier molecular flexibility index (Phi) is 4.13. The molecule has 0 saturated carbocycles. The maximum absolute atomic E-state index is 11.8. The van der Waals surface area contributed by atoms with E-state index >= 15 is 0 Å². The summed E-state index contributed by atoms with van der Waals surface area (Å²) in [6.07, 6.45) is 1.98. The Morgan fingerprint density at radius 3 is 3.05 bits per heavy atom. The van der Waals surface area contributed by atoms with Gasteiger partial charge in [-0.25, -0.2) is 0 Å². The molecule has 4 nitrogen and oxygen atoms in total. The van der Waals surface area contributed by atoms with Gasteiger partial charge in [0.25, 0.3) is 0 Å². The number of amides is 1. The first-order chi connectivity index (χ1) is 9.15. The van der Waals surface area contributed by atoms with Gasteiger partial charge >= 0.3 is 0 Å². The van der Waals surface area contributed by atoms with Gasteiger partial charge in [0.2, 0.25) is 5.91 Å². The van der Waals surface area contributed by atoms with Crippen molar-refractivity contribution in [3.8, 4) is 6.07 Å². The normalized spacial score (nSPS) is 18.9. The van der Waals surface area contributed by atoms with Crippen molar-refractivity contribution in [3.63, 3.8) is 0 Å². The van der Waals surface area contributed by atoms with Crippen LogP contribution in [0, 0.1) is 18.3 Å². The van der Waals surface area contributed by atoms with Crippen molar-refractivity contribution >= 4 is 17.7 Å². The zero-order valence-corrected chi connectivity index (χ0v) is 11.4. The lowest BCUT2D eigenvalue weighted by Gasteiger charge is -2.23. The van der Waals surface area contributed by atoms with Gasteiger partial charge in [0.15, 0.2) is 0 Å². The molecule has 1 atom stereocenters. The molecule has 2 heterocycles. The zero-order chi connectivity index (χ0) is 13.8. The topological polar surface area (TPSA) is 66.0 Å². The summed E-state index contributed by atoms with van der Waals surface area (Å²) in [7, 11) is 0. The maximum Gasteiger partial charge on any atom is 0.225 e. The van der Waals surface area contributed by atoms with Crippen molar-refractivity contribution in [2.45, 2.75) is 19.3 Å². The number of thioether (sulfide) groups is 1. The largest absolute Gasteiger partial charge is 0.466 e. The molecule has 1 amide bonds. The second-order valence-corrected chi connectivity index (χ2v) is 5.24. The molecule has 0 bridgehead atoms. The maximum atomic E-state index is 11.8. The third-order valence-corrected chi connectivity index (χ3v) is 3.82. The SMILES string of the molecule is C=CCSC1=C(C#N)C(c2ccc(C)o2)CC(=O)N1. The molecule has 0 radical (unpaired) electrons. The number of nitrogens with one attached hydrogen (secondary N) is 1. The van der Waals surface area contributed by atoms with Crippen LogP contribution in [0.5, 0.6) is 0 Å². The van der Waals surface area contributed by atoms with E-state index < -0.39 is 0 Å². The smallest absolute Gasteiger partial charge is 0.225 e. The molecule has 0 saturated heterocycles. The molecule has 1 unspecified atom stereocenters. The number of carbonyl (C=O) groups is 1. The van der Waals surface area contributed by atoms with Gasteiger partial charge in [0.1, 0.15) is 11.5 Å². The fourth-order valence-corrected chi connectivity index (χ4v) is 2.77. The molecule has 5 heteroatoms. The van der Waals surface area contributed by atoms with E-state index in [0.29, 0.717) is 22.1 Å². The van der Waals surface area contributed by atoms with Crippen molar-refractivity contribution in [2.24, 2.45) is 0 Å². The Morgan fingerprint density at radius 1 is 1.68 bits per heavy atom. The van der Waals surface area contributed by atoms with Gasteiger partial charge in [-0.1, -0.05) is 6.08 Å². The number of nitriles is 1. The highest BCUT2D eigenvalue weighted by Crippen LogP contribution is 2.36. The van der Waals surface area contributed by atoms with Crippen LogP contribution in [0.4, 0.5) is 0 Å². The van der Waals surface area contributed by atoms with Crippen molar-refractivity contribution in [3.05, 3.63) is 46.9 Å². The van der Waals surface area contributed by atoms with Crippen LogP contribution in [-0.4, -0.2) is 11.7 Å². The molecule has 98 valence electrons. The average Bonchev–Trinajstić information content (AvgIpc) is 2.82. The highest BCUT2D eigenvalue weighted by molar-refractivity contribution is 8.03. The molecule has 2 rings (SSSR count). The van der Waals surface area contributed by atoms with Gasteiger partial charge in [-0.2, -0.15) is 5.26 Å². The van der Waals surface area contributed by atoms with Crippen LogP contribution in [0.2, 0.25) is 0 Å². The lowest BCUT2D eigenvalue weighted by atomic mass is 9.92. The van der Waals surface area contributed by atoms with Crippen molar-refractivity contribution in [1.82, 2.24) is 5.32 Å². The molecule has 1 aliphatic heterocycles. The van der Waals surface area contributed by atoms with E-state index in [2.05, 4.69) is 18.0 Å². The second kappa shape index (κ2) is 5.81. The van der Waals surface area contributed by atoms with E-state index in [1.165, 1.54) is 11.8 Å². The van der Waals surface area contributed by atoms with Gasteiger partial charge in [-0.05, 0) is 19.1 Å². The standard InChI is InChI=1S/C14H14N2O2S/c1-3-6-19-14-11(8-15)10(7-13(17)16-14)12-5-4-9(2)18-12/h3-5,10H,1,6-7H2,2H3,(H,16,17). The number of carbonyl (C=O) groups excluding carboxylic acids is 1. The summed E-state index contributed by atoms with van der Waals surface area (Å²) in [5.74, 6) is 1.70. The predicted molar refractivity (Wildman–Crippen MR) is 74.2 cm³/mol. The quantitative estimate of drug-likeness (QED) is 0.857. The molecule has 0 spiro atoms. The molecular formula is C14H14N2O2S. The van der Waals surface area contributed by atoms with Crippen LogP contribution in [-0.2, 0) is 4.79 Å². The Morgan fingerprint density at radius 2 is 2.47 bits per heavy atom. The molecule has 0 aromatic carbocycles. The Hall–Kier alpha value is -1.93. The van der Waals surface area contributed by atoms with Gasteiger partial charge in [-0.3, -0.25) is 4.79 Å². The van der Waals surface area contributed by atoms with Crippen molar-refractivity contribution < 1.29 is 9.21 Å². The highest BCUT2D eigenvalue weighted by atomic mass is 32.2. The summed E-state index contributed by atoms with van der Waals surface area (Å²) in [6, 6.07) is 5.86. The first kappa shape index (κ1) is 13.5. The number of aryl methyl sites for hydroxylation is 1. The monoisotopic (exact) mass is 274 g/mol. The van der Waals surface area contributed by atoms with Crippen molar-refractivity contribution in [1.29, 1.82) is 5.26 Å². The summed E-state index contributed by atoms with van der Waals surface area (Å²) in [5, 5.41) is 12.7. The van der Waals surface area contributed by atoms with Gasteiger partial charge in [0.05, 0.1) is 22.6 Å². The number of hydrogen-bond donors (Lipinski definition) is 1. The average molecular weight is 274 g/mol. The van der Waals surface area contributed by atoms with Crippen molar-refractivity contribution in [2.75, 3.05) is 5.75 Å². The summed E-state index contributed by atoms with van der Waals surface area (Å²) >= 11 is 1.40. The van der Waals surface area contributed by atoms with E-state index in [1.54, 1.807) is 6.08 Å². The molecule has 19 heavy (non-hydrogen) atoms. The molecule has 1 aromatic heterocycles. The minimum absolute atomic E-state index is 0.0929. The highest BCUT2D eigenvalue weighted by Gasteiger charge is 2.31. The summed E-state index contributed by atoms with van der Waals surface area (Å²) in [6.45, 7) is 5.48. The summed E-state index contributed by atoms with van der Waals surface area (Å²) in [4.78, 5) is 11.8. The molecule has 1 N–H and O–H groups in total. The number of hydrogen-bond acceptors (Lipinski definition) is 4. The predicted octanol–water partition coefficient (Wildman–Crippen LogP) is 2.85. The summed E-state index contributed by atoms with van der Waals surface area (Å²) in [5.41, 5.74) is 0.556. The summed E-state index contributed by atoms with van der Waals surface area (Å²) < 4.78 is 5.56. The van der Waals surface area contributed by atoms with E-state index in [-0.39, 0.29) is 18.2 Å². The van der Waals surface area contributed by atoms with Crippen LogP contribution in [0.3, 0.4) is 0 Å². The lowest BCUT2D eigenvalue weighted by molar-refractivity contribution is -0.120. The number of allylic oxidation sites excluding steroid dienone is 1. The Bertz CT molecular complexity index is 581. The van der Waals surface area contributed by atoms with E-state index in [0.717, 1.165) is 5.76 Å². The third-order valence-electron chi connectivity index (χ3n) is 2.81. The van der Waals surface area contributed by atoms with E-state index in [1.807, 2.05) is 19.1 Å². The van der Waals surface area contributed by atoms with Crippen LogP contribution >= 0.6 is 11.8 Å². The van der Waals surface area contributed by atoms with Crippen LogP contribution in [0.25, 0.3) is 0 Å². The van der Waals surface area contributed by atoms with Crippen LogP contribution in [0.1, 0.15) is 23.9 Å². The number of nitrogens with zero attached hydrogens (tertiary/aromatic N) is 1. The number of furan rings is 1. The van der Waals surface area contributed by atoms with E-state index in [4.69, 9.17) is 4.42 Å². The van der Waals surface area contributed by atoms with Crippen LogP contribution < -0.4 is 5.32 Å². The fraction of sp³-hybridized carbons (Fsp3) is 0.286. The second-order valence-electron chi connectivity index (χ2n) is 4.21. The Balaban J connectivity index is 2.38. The van der Waals surface area contributed by atoms with Gasteiger partial charge in [0, 0.05) is 12.2 Å². The molecular weight excluding hydrogens is 260 g/mol. The third kappa shape index (κ3) is 2.91. The zero-order valence-electron chi connectivity index (χ0n) is 10.6. The van der Waals surface area contributed by atoms with Gasteiger partial charge in [-0.15, -0.1) is 18.3 Å². The number of rotatable bonds is 4. The Labute approximate surface area is 116 Å². The lowest BCUT2D eigenvalue weighted by Crippen LogP contribution is -2.30.